The number of hydrogen-bond donors (Lipinski definition) is 0. The molecule has 0 radical (unpaired) electrons. The molecule has 0 fully saturated rings. The number of aryl methyl sites for hydroxylation is 2. The number of Topliss-reactive ketones (excluding diaryl/α,β-unsaturated/α-hetero) is 1. The highest BCUT2D eigenvalue weighted by atomic mass is 28.4. The Bertz CT molecular complexity index is 1080. The smallest absolute Gasteiger partial charge is 0.254 e. The Hall–Kier alpha value is -2.44. The summed E-state index contributed by atoms with van der Waals surface area (Å²) in [5, 5.41) is 0.0397. The van der Waals surface area contributed by atoms with Crippen LogP contribution in [0.3, 0.4) is 0 Å². The number of amides is 1. The second-order valence-electron chi connectivity index (χ2n) is 11.9. The zero-order valence-corrected chi connectivity index (χ0v) is 25.2. The second kappa shape index (κ2) is 11.3. The van der Waals surface area contributed by atoms with Gasteiger partial charge in [0.05, 0.1) is 25.8 Å². The summed E-state index contributed by atoms with van der Waals surface area (Å²) in [6.07, 6.45) is 0.661. The van der Waals surface area contributed by atoms with Gasteiger partial charge in [-0.25, -0.2) is 0 Å². The van der Waals surface area contributed by atoms with Gasteiger partial charge in [0.1, 0.15) is 5.75 Å². The van der Waals surface area contributed by atoms with E-state index < -0.39 is 13.9 Å². The van der Waals surface area contributed by atoms with Crippen LogP contribution >= 0.6 is 0 Å². The molecule has 2 aromatic carbocycles. The molecule has 36 heavy (non-hydrogen) atoms. The maximum Gasteiger partial charge on any atom is 0.254 e. The van der Waals surface area contributed by atoms with Gasteiger partial charge in [-0.05, 0) is 70.4 Å². The molecule has 5 nitrogen and oxygen atoms in total. The zero-order chi connectivity index (χ0) is 27.5. The van der Waals surface area contributed by atoms with Crippen LogP contribution in [0, 0.1) is 13.8 Å². The van der Waals surface area contributed by atoms with Gasteiger partial charge in [-0.15, -0.1) is 0 Å². The van der Waals surface area contributed by atoms with E-state index in [9.17, 15) is 9.59 Å². The van der Waals surface area contributed by atoms with Crippen molar-refractivity contribution < 1.29 is 18.8 Å². The topological polar surface area (TPSA) is 55.8 Å². The summed E-state index contributed by atoms with van der Waals surface area (Å²) in [6.45, 7) is 21.2. The van der Waals surface area contributed by atoms with Crippen LogP contribution in [0.1, 0.15) is 78.9 Å². The molecule has 0 aliphatic heterocycles. The molecule has 2 rings (SSSR count). The van der Waals surface area contributed by atoms with Crippen molar-refractivity contribution in [2.24, 2.45) is 0 Å². The number of rotatable bonds is 10. The lowest BCUT2D eigenvalue weighted by atomic mass is 9.96. The Kier molecular flexibility index (Phi) is 9.35. The van der Waals surface area contributed by atoms with E-state index in [2.05, 4.69) is 33.9 Å². The van der Waals surface area contributed by atoms with E-state index >= 15 is 0 Å². The molecule has 0 saturated heterocycles. The minimum Gasteiger partial charge on any atom is -0.496 e. The van der Waals surface area contributed by atoms with Gasteiger partial charge < -0.3 is 14.1 Å². The van der Waals surface area contributed by atoms with Gasteiger partial charge >= 0.3 is 0 Å². The third-order valence-corrected chi connectivity index (χ3v) is 11.8. The highest BCUT2D eigenvalue weighted by molar-refractivity contribution is 6.74. The fourth-order valence-corrected chi connectivity index (χ4v) is 5.22. The molecule has 0 heterocycles. The Balaban J connectivity index is 2.50. The standard InChI is InChI=1S/C30H45NO4Si/c1-12-24-25(14-13-15-27(24)34-9)26(32)19-31(28(33)23-17-21(2)16-22(3)18-23)30(7,8)20-35-36(10,11)29(4,5)6/h13-18H,12,19-20H2,1-11H3. The van der Waals surface area contributed by atoms with Crippen LogP contribution in [0.25, 0.3) is 0 Å². The van der Waals surface area contributed by atoms with E-state index in [1.54, 1.807) is 12.0 Å². The van der Waals surface area contributed by atoms with Crippen molar-refractivity contribution in [3.05, 3.63) is 64.2 Å². The van der Waals surface area contributed by atoms with E-state index in [1.807, 2.05) is 71.0 Å². The minimum absolute atomic E-state index is 0.0397. The summed E-state index contributed by atoms with van der Waals surface area (Å²) >= 11 is 0. The number of hydrogen-bond acceptors (Lipinski definition) is 4. The number of nitrogens with zero attached hydrogens (tertiary/aromatic N) is 1. The zero-order valence-electron chi connectivity index (χ0n) is 24.2. The highest BCUT2D eigenvalue weighted by Crippen LogP contribution is 2.37. The van der Waals surface area contributed by atoms with Gasteiger partial charge in [-0.1, -0.05) is 57.0 Å². The molecule has 0 atom stereocenters. The number of carbonyl (C=O) groups is 2. The van der Waals surface area contributed by atoms with Crippen LogP contribution in [0.4, 0.5) is 0 Å². The molecule has 0 aliphatic rings. The van der Waals surface area contributed by atoms with Crippen molar-refractivity contribution in [1.82, 2.24) is 4.90 Å². The third-order valence-electron chi connectivity index (χ3n) is 7.35. The van der Waals surface area contributed by atoms with E-state index in [1.165, 1.54) is 0 Å². The van der Waals surface area contributed by atoms with E-state index in [-0.39, 0.29) is 23.3 Å². The predicted molar refractivity (Wildman–Crippen MR) is 151 cm³/mol. The first-order valence-corrected chi connectivity index (χ1v) is 15.7. The number of ketones is 1. The highest BCUT2D eigenvalue weighted by Gasteiger charge is 2.41. The predicted octanol–water partition coefficient (Wildman–Crippen LogP) is 7.00. The Labute approximate surface area is 219 Å². The lowest BCUT2D eigenvalue weighted by molar-refractivity contribution is 0.0377. The largest absolute Gasteiger partial charge is 0.496 e. The Morgan fingerprint density at radius 3 is 2.06 bits per heavy atom. The molecule has 0 saturated carbocycles. The SMILES string of the molecule is CCc1c(OC)cccc1C(=O)CN(C(=O)c1cc(C)cc(C)c1)C(C)(C)CO[Si](C)(C)C(C)(C)C. The first-order valence-electron chi connectivity index (χ1n) is 12.8. The third kappa shape index (κ3) is 6.86. The van der Waals surface area contributed by atoms with E-state index in [4.69, 9.17) is 9.16 Å². The summed E-state index contributed by atoms with van der Waals surface area (Å²) in [5.74, 6) is 0.417. The van der Waals surface area contributed by atoms with Crippen LogP contribution in [-0.2, 0) is 10.8 Å². The van der Waals surface area contributed by atoms with E-state index in [0.717, 1.165) is 16.7 Å². The monoisotopic (exact) mass is 511 g/mol. The molecule has 0 N–H and O–H groups in total. The maximum absolute atomic E-state index is 14.0. The molecule has 2 aromatic rings. The number of methoxy groups -OCH3 is 1. The lowest BCUT2D eigenvalue weighted by Gasteiger charge is -2.43. The fraction of sp³-hybridized carbons (Fsp3) is 0.533. The van der Waals surface area contributed by atoms with Crippen LogP contribution in [-0.4, -0.2) is 50.7 Å². The Morgan fingerprint density at radius 1 is 0.972 bits per heavy atom. The van der Waals surface area contributed by atoms with Gasteiger partial charge in [-0.2, -0.15) is 0 Å². The summed E-state index contributed by atoms with van der Waals surface area (Å²) in [5.41, 5.74) is 3.37. The van der Waals surface area contributed by atoms with Crippen molar-refractivity contribution in [3.8, 4) is 5.75 Å². The fourth-order valence-electron chi connectivity index (χ4n) is 4.08. The molecular formula is C30H45NO4Si. The number of benzene rings is 2. The summed E-state index contributed by atoms with van der Waals surface area (Å²) in [7, 11) is -0.452. The second-order valence-corrected chi connectivity index (χ2v) is 16.7. The van der Waals surface area contributed by atoms with Crippen LogP contribution < -0.4 is 4.74 Å². The van der Waals surface area contributed by atoms with Crippen molar-refractivity contribution in [3.63, 3.8) is 0 Å². The number of carbonyl (C=O) groups excluding carboxylic acids is 2. The first kappa shape index (κ1) is 29.8. The van der Waals surface area contributed by atoms with Crippen LogP contribution in [0.2, 0.25) is 18.1 Å². The van der Waals surface area contributed by atoms with Crippen LogP contribution in [0.5, 0.6) is 5.75 Å². The molecule has 6 heteroatoms. The Morgan fingerprint density at radius 2 is 1.56 bits per heavy atom. The summed E-state index contributed by atoms with van der Waals surface area (Å²) in [4.78, 5) is 29.4. The van der Waals surface area contributed by atoms with Crippen molar-refractivity contribution in [2.45, 2.75) is 85.5 Å². The van der Waals surface area contributed by atoms with Crippen molar-refractivity contribution in [1.29, 1.82) is 0 Å². The molecule has 0 aromatic heterocycles. The molecule has 0 aliphatic carbocycles. The molecule has 198 valence electrons. The summed E-state index contributed by atoms with van der Waals surface area (Å²) < 4.78 is 12.1. The van der Waals surface area contributed by atoms with Gasteiger partial charge in [0.25, 0.3) is 5.91 Å². The van der Waals surface area contributed by atoms with Crippen molar-refractivity contribution >= 4 is 20.0 Å². The van der Waals surface area contributed by atoms with Gasteiger partial charge in [-0.3, -0.25) is 9.59 Å². The molecule has 0 bridgehead atoms. The van der Waals surface area contributed by atoms with Gasteiger partial charge in [0.15, 0.2) is 14.1 Å². The number of ether oxygens (including phenoxy) is 1. The molecule has 0 spiro atoms. The molecular weight excluding hydrogens is 466 g/mol. The normalized spacial score (nSPS) is 12.4. The average Bonchev–Trinajstić information content (AvgIpc) is 2.78. The first-order chi connectivity index (χ1) is 16.5. The summed E-state index contributed by atoms with van der Waals surface area (Å²) in [6, 6.07) is 11.3. The van der Waals surface area contributed by atoms with E-state index in [0.29, 0.717) is 29.9 Å². The molecule has 0 unspecified atom stereocenters. The quantitative estimate of drug-likeness (QED) is 0.254. The molecule has 1 amide bonds. The van der Waals surface area contributed by atoms with Gasteiger partial charge in [0, 0.05) is 16.7 Å². The van der Waals surface area contributed by atoms with Crippen molar-refractivity contribution in [2.75, 3.05) is 20.3 Å². The van der Waals surface area contributed by atoms with Crippen LogP contribution in [0.15, 0.2) is 36.4 Å². The average molecular weight is 512 g/mol. The minimum atomic E-state index is -2.06. The lowest BCUT2D eigenvalue weighted by Crippen LogP contribution is -2.55. The maximum atomic E-state index is 14.0. The van der Waals surface area contributed by atoms with Gasteiger partial charge in [0.2, 0.25) is 0 Å².